The number of hydrogen-bond acceptors (Lipinski definition) is 3. The minimum Gasteiger partial charge on any atom is -0.299 e. The second-order valence-corrected chi connectivity index (χ2v) is 3.77. The van der Waals surface area contributed by atoms with Crippen LogP contribution in [-0.2, 0) is 11.2 Å². The molecule has 1 aromatic rings. The average Bonchev–Trinajstić information content (AvgIpc) is 2.37. The summed E-state index contributed by atoms with van der Waals surface area (Å²) in [7, 11) is 0. The number of hydrogen-bond donors (Lipinski definition) is 1. The van der Waals surface area contributed by atoms with Gasteiger partial charge in [0.25, 0.3) is 0 Å². The van der Waals surface area contributed by atoms with E-state index in [2.05, 4.69) is 15.2 Å². The molecule has 1 heterocycles. The summed E-state index contributed by atoms with van der Waals surface area (Å²) in [5, 5.41) is 6.39. The Morgan fingerprint density at radius 2 is 2.25 bits per heavy atom. The van der Waals surface area contributed by atoms with Crippen molar-refractivity contribution in [3.05, 3.63) is 12.2 Å². The van der Waals surface area contributed by atoms with Crippen molar-refractivity contribution in [1.29, 1.82) is 0 Å². The number of nitrogens with zero attached hydrogens (tertiary/aromatic N) is 2. The van der Waals surface area contributed by atoms with Gasteiger partial charge in [0.1, 0.15) is 12.1 Å². The van der Waals surface area contributed by atoms with Gasteiger partial charge < -0.3 is 0 Å². The molecular formula is C8H13N3O. The first kappa shape index (κ1) is 8.90. The molecule has 12 heavy (non-hydrogen) atoms. The monoisotopic (exact) mass is 167 g/mol. The topological polar surface area (TPSA) is 58.6 Å². The van der Waals surface area contributed by atoms with Gasteiger partial charge in [0, 0.05) is 5.41 Å². The predicted octanol–water partition coefficient (Wildman–Crippen LogP) is 0.962. The Hall–Kier alpha value is -1.19. The molecule has 0 spiro atoms. The summed E-state index contributed by atoms with van der Waals surface area (Å²) >= 11 is 0. The predicted molar refractivity (Wildman–Crippen MR) is 44.5 cm³/mol. The van der Waals surface area contributed by atoms with E-state index in [9.17, 15) is 4.79 Å². The molecular weight excluding hydrogens is 154 g/mol. The van der Waals surface area contributed by atoms with Crippen molar-refractivity contribution >= 4 is 5.78 Å². The van der Waals surface area contributed by atoms with Gasteiger partial charge in [-0.15, -0.1) is 0 Å². The van der Waals surface area contributed by atoms with Crippen LogP contribution in [0.4, 0.5) is 0 Å². The zero-order chi connectivity index (χ0) is 9.19. The van der Waals surface area contributed by atoms with Crippen LogP contribution in [0.2, 0.25) is 0 Å². The van der Waals surface area contributed by atoms with Crippen LogP contribution in [0, 0.1) is 5.41 Å². The average molecular weight is 167 g/mol. The number of aromatic nitrogens is 3. The van der Waals surface area contributed by atoms with Crippen LogP contribution in [0.3, 0.4) is 0 Å². The lowest BCUT2D eigenvalue weighted by molar-refractivity contribution is -0.125. The van der Waals surface area contributed by atoms with Crippen molar-refractivity contribution in [3.8, 4) is 0 Å². The van der Waals surface area contributed by atoms with Crippen molar-refractivity contribution in [2.45, 2.75) is 27.2 Å². The Morgan fingerprint density at radius 3 is 2.67 bits per heavy atom. The van der Waals surface area contributed by atoms with Crippen LogP contribution in [0.15, 0.2) is 6.33 Å². The summed E-state index contributed by atoms with van der Waals surface area (Å²) in [5.41, 5.74) is -0.305. The number of carbonyl (C=O) groups is 1. The summed E-state index contributed by atoms with van der Waals surface area (Å²) in [4.78, 5) is 15.3. The van der Waals surface area contributed by atoms with Crippen molar-refractivity contribution in [2.75, 3.05) is 0 Å². The molecule has 0 aliphatic carbocycles. The highest BCUT2D eigenvalue weighted by atomic mass is 16.1. The summed E-state index contributed by atoms with van der Waals surface area (Å²) in [6.07, 6.45) is 1.79. The first-order valence-corrected chi connectivity index (χ1v) is 3.88. The van der Waals surface area contributed by atoms with Crippen LogP contribution >= 0.6 is 0 Å². The first-order chi connectivity index (χ1) is 5.50. The molecule has 1 N–H and O–H groups in total. The second kappa shape index (κ2) is 3.05. The highest BCUT2D eigenvalue weighted by Crippen LogP contribution is 2.16. The molecule has 0 unspecified atom stereocenters. The molecule has 0 fully saturated rings. The Bertz CT molecular complexity index is 258. The van der Waals surface area contributed by atoms with Crippen LogP contribution in [0.5, 0.6) is 0 Å². The molecule has 0 aromatic carbocycles. The maximum atomic E-state index is 11.4. The summed E-state index contributed by atoms with van der Waals surface area (Å²) in [5.74, 6) is 0.719. The second-order valence-electron chi connectivity index (χ2n) is 3.77. The Balaban J connectivity index is 2.60. The first-order valence-electron chi connectivity index (χ1n) is 3.88. The minimum atomic E-state index is -0.305. The minimum absolute atomic E-state index is 0.155. The van der Waals surface area contributed by atoms with E-state index in [-0.39, 0.29) is 11.2 Å². The fourth-order valence-corrected chi connectivity index (χ4v) is 0.730. The molecule has 66 valence electrons. The summed E-state index contributed by atoms with van der Waals surface area (Å²) < 4.78 is 0. The number of H-pyrrole nitrogens is 1. The molecule has 0 aliphatic heterocycles. The van der Waals surface area contributed by atoms with E-state index in [0.29, 0.717) is 12.2 Å². The third-order valence-corrected chi connectivity index (χ3v) is 1.62. The SMILES string of the molecule is CC(C)(C)C(=O)Cc1nc[nH]n1. The molecule has 0 bridgehead atoms. The molecule has 4 heteroatoms. The van der Waals surface area contributed by atoms with Crippen LogP contribution in [0.1, 0.15) is 26.6 Å². The van der Waals surface area contributed by atoms with E-state index < -0.39 is 0 Å². The van der Waals surface area contributed by atoms with Gasteiger partial charge in [0.2, 0.25) is 0 Å². The van der Waals surface area contributed by atoms with Gasteiger partial charge in [-0.05, 0) is 0 Å². The zero-order valence-electron chi connectivity index (χ0n) is 7.59. The highest BCUT2D eigenvalue weighted by Gasteiger charge is 2.22. The smallest absolute Gasteiger partial charge is 0.157 e. The molecule has 0 aliphatic rings. The lowest BCUT2D eigenvalue weighted by Gasteiger charge is -2.14. The number of aromatic amines is 1. The van der Waals surface area contributed by atoms with Gasteiger partial charge in [-0.3, -0.25) is 9.89 Å². The molecule has 4 nitrogen and oxygen atoms in total. The van der Waals surface area contributed by atoms with E-state index in [1.54, 1.807) is 0 Å². The van der Waals surface area contributed by atoms with Gasteiger partial charge >= 0.3 is 0 Å². The maximum Gasteiger partial charge on any atom is 0.157 e. The summed E-state index contributed by atoms with van der Waals surface area (Å²) in [6.45, 7) is 5.67. The Morgan fingerprint density at radius 1 is 1.58 bits per heavy atom. The fraction of sp³-hybridized carbons (Fsp3) is 0.625. The van der Waals surface area contributed by atoms with Gasteiger partial charge in [-0.25, -0.2) is 4.98 Å². The van der Waals surface area contributed by atoms with Crippen LogP contribution in [0.25, 0.3) is 0 Å². The van der Waals surface area contributed by atoms with Gasteiger partial charge in [0.15, 0.2) is 5.82 Å². The van der Waals surface area contributed by atoms with Crippen molar-refractivity contribution in [1.82, 2.24) is 15.2 Å². The molecule has 1 rings (SSSR count). The lowest BCUT2D eigenvalue weighted by atomic mass is 9.89. The third-order valence-electron chi connectivity index (χ3n) is 1.62. The molecule has 0 radical (unpaired) electrons. The molecule has 0 saturated heterocycles. The van der Waals surface area contributed by atoms with E-state index in [0.717, 1.165) is 0 Å². The molecule has 0 amide bonds. The third kappa shape index (κ3) is 2.15. The van der Waals surface area contributed by atoms with Crippen LogP contribution < -0.4 is 0 Å². The van der Waals surface area contributed by atoms with E-state index >= 15 is 0 Å². The fourth-order valence-electron chi connectivity index (χ4n) is 0.730. The van der Waals surface area contributed by atoms with Crippen molar-refractivity contribution < 1.29 is 4.79 Å². The standard InChI is InChI=1S/C8H13N3O/c1-8(2,3)6(12)4-7-9-5-10-11-7/h5H,4H2,1-3H3,(H,9,10,11). The van der Waals surface area contributed by atoms with E-state index in [1.807, 2.05) is 20.8 Å². The van der Waals surface area contributed by atoms with Crippen LogP contribution in [-0.4, -0.2) is 21.0 Å². The molecule has 1 aromatic heterocycles. The normalized spacial score (nSPS) is 11.6. The van der Waals surface area contributed by atoms with Gasteiger partial charge in [-0.1, -0.05) is 20.8 Å². The number of carbonyl (C=O) groups excluding carboxylic acids is 1. The van der Waals surface area contributed by atoms with Crippen molar-refractivity contribution in [3.63, 3.8) is 0 Å². The number of rotatable bonds is 2. The van der Waals surface area contributed by atoms with E-state index in [1.165, 1.54) is 6.33 Å². The highest BCUT2D eigenvalue weighted by molar-refractivity contribution is 5.85. The summed E-state index contributed by atoms with van der Waals surface area (Å²) in [6, 6.07) is 0. The quantitative estimate of drug-likeness (QED) is 0.713. The largest absolute Gasteiger partial charge is 0.299 e. The van der Waals surface area contributed by atoms with Crippen molar-refractivity contribution in [2.24, 2.45) is 5.41 Å². The number of nitrogens with one attached hydrogen (secondary N) is 1. The number of ketones is 1. The Labute approximate surface area is 71.4 Å². The zero-order valence-corrected chi connectivity index (χ0v) is 7.59. The molecule has 0 saturated carbocycles. The number of Topliss-reactive ketones (excluding diaryl/α,β-unsaturated/α-hetero) is 1. The lowest BCUT2D eigenvalue weighted by Crippen LogP contribution is -2.22. The van der Waals surface area contributed by atoms with E-state index in [4.69, 9.17) is 0 Å². The van der Waals surface area contributed by atoms with Gasteiger partial charge in [-0.2, -0.15) is 5.10 Å². The Kier molecular flexibility index (Phi) is 2.26. The maximum absolute atomic E-state index is 11.4. The van der Waals surface area contributed by atoms with Gasteiger partial charge in [0.05, 0.1) is 6.42 Å². The molecule has 0 atom stereocenters.